The van der Waals surface area contributed by atoms with Crippen LogP contribution in [0.1, 0.15) is 22.3 Å². The standard InChI is InChI=1S/C15H14ClN3O4/c16-11-5-3-10(4-6-11)2-1-7-18-9-12(19(22)23)8-13(14(17)20)15(18)21/h3-6,8-9H,1-2,7H2,(H2,17,20). The minimum Gasteiger partial charge on any atom is -0.365 e. The Morgan fingerprint density at radius 3 is 2.52 bits per heavy atom. The highest BCUT2D eigenvalue weighted by molar-refractivity contribution is 6.30. The molecule has 0 atom stereocenters. The maximum Gasteiger partial charge on any atom is 0.286 e. The van der Waals surface area contributed by atoms with Gasteiger partial charge in [-0.3, -0.25) is 19.7 Å². The van der Waals surface area contributed by atoms with Crippen LogP contribution in [0.25, 0.3) is 0 Å². The monoisotopic (exact) mass is 335 g/mol. The van der Waals surface area contributed by atoms with Crippen LogP contribution in [0.15, 0.2) is 41.3 Å². The van der Waals surface area contributed by atoms with Crippen LogP contribution in [0, 0.1) is 10.1 Å². The summed E-state index contributed by atoms with van der Waals surface area (Å²) in [4.78, 5) is 33.6. The zero-order valence-electron chi connectivity index (χ0n) is 12.1. The Hall–Kier alpha value is -2.67. The van der Waals surface area contributed by atoms with Gasteiger partial charge < -0.3 is 10.3 Å². The number of benzene rings is 1. The van der Waals surface area contributed by atoms with Gasteiger partial charge in [-0.1, -0.05) is 23.7 Å². The molecule has 2 aromatic rings. The fourth-order valence-corrected chi connectivity index (χ4v) is 2.29. The van der Waals surface area contributed by atoms with E-state index in [0.717, 1.165) is 22.4 Å². The largest absolute Gasteiger partial charge is 0.365 e. The highest BCUT2D eigenvalue weighted by Crippen LogP contribution is 2.13. The fraction of sp³-hybridized carbons (Fsp3) is 0.200. The normalized spacial score (nSPS) is 10.5. The molecular weight excluding hydrogens is 322 g/mol. The molecule has 0 aliphatic heterocycles. The second-order valence-corrected chi connectivity index (χ2v) is 5.40. The molecule has 0 fully saturated rings. The molecule has 2 rings (SSSR count). The zero-order valence-corrected chi connectivity index (χ0v) is 12.8. The number of nitrogens with two attached hydrogens (primary N) is 1. The van der Waals surface area contributed by atoms with Gasteiger partial charge in [-0.05, 0) is 30.5 Å². The molecule has 120 valence electrons. The molecule has 1 aromatic carbocycles. The summed E-state index contributed by atoms with van der Waals surface area (Å²) in [5.41, 5.74) is 4.78. The molecule has 8 heteroatoms. The van der Waals surface area contributed by atoms with Gasteiger partial charge in [-0.25, -0.2) is 0 Å². The summed E-state index contributed by atoms with van der Waals surface area (Å²) < 4.78 is 1.15. The van der Waals surface area contributed by atoms with Crippen LogP contribution in [-0.2, 0) is 13.0 Å². The molecule has 0 saturated carbocycles. The SMILES string of the molecule is NC(=O)c1cc([N+](=O)[O-])cn(CCCc2ccc(Cl)cc2)c1=O. The lowest BCUT2D eigenvalue weighted by Gasteiger charge is -2.07. The average molecular weight is 336 g/mol. The molecule has 0 bridgehead atoms. The van der Waals surface area contributed by atoms with Gasteiger partial charge in [0.2, 0.25) is 0 Å². The molecule has 1 amide bonds. The summed E-state index contributed by atoms with van der Waals surface area (Å²) in [5, 5.41) is 11.5. The van der Waals surface area contributed by atoms with Gasteiger partial charge in [-0.2, -0.15) is 0 Å². The smallest absolute Gasteiger partial charge is 0.286 e. The van der Waals surface area contributed by atoms with E-state index in [2.05, 4.69) is 0 Å². The number of amides is 1. The number of halogens is 1. The van der Waals surface area contributed by atoms with Gasteiger partial charge >= 0.3 is 0 Å². The van der Waals surface area contributed by atoms with Crippen molar-refractivity contribution in [3.63, 3.8) is 0 Å². The number of carbonyl (C=O) groups excluding carboxylic acids is 1. The van der Waals surface area contributed by atoms with E-state index < -0.39 is 16.4 Å². The van der Waals surface area contributed by atoms with Crippen molar-refractivity contribution in [3.05, 3.63) is 73.1 Å². The third kappa shape index (κ3) is 4.17. The van der Waals surface area contributed by atoms with E-state index in [-0.39, 0.29) is 17.8 Å². The predicted octanol–water partition coefficient (Wildman–Crippen LogP) is 2.14. The molecule has 1 aromatic heterocycles. The van der Waals surface area contributed by atoms with E-state index in [1.807, 2.05) is 12.1 Å². The van der Waals surface area contributed by atoms with E-state index >= 15 is 0 Å². The lowest BCUT2D eigenvalue weighted by Crippen LogP contribution is -2.29. The summed E-state index contributed by atoms with van der Waals surface area (Å²) in [5.74, 6) is -0.981. The van der Waals surface area contributed by atoms with Gasteiger partial charge in [0, 0.05) is 17.6 Å². The molecular formula is C15H14ClN3O4. The molecule has 1 heterocycles. The fourth-order valence-electron chi connectivity index (χ4n) is 2.17. The van der Waals surface area contributed by atoms with E-state index in [1.54, 1.807) is 12.1 Å². The lowest BCUT2D eigenvalue weighted by molar-refractivity contribution is -0.385. The summed E-state index contributed by atoms with van der Waals surface area (Å²) in [6.45, 7) is 0.240. The maximum absolute atomic E-state index is 12.1. The Labute approximate surface area is 136 Å². The minimum atomic E-state index is -0.981. The van der Waals surface area contributed by atoms with Gasteiger partial charge in [0.25, 0.3) is 17.2 Å². The number of primary amides is 1. The predicted molar refractivity (Wildman–Crippen MR) is 85.6 cm³/mol. The van der Waals surface area contributed by atoms with Gasteiger partial charge in [-0.15, -0.1) is 0 Å². The Kier molecular flexibility index (Phi) is 5.13. The van der Waals surface area contributed by atoms with Gasteiger partial charge in [0.1, 0.15) is 5.56 Å². The topological polar surface area (TPSA) is 108 Å². The number of pyridine rings is 1. The van der Waals surface area contributed by atoms with Crippen molar-refractivity contribution in [3.8, 4) is 0 Å². The molecule has 0 saturated heterocycles. The Morgan fingerprint density at radius 1 is 1.30 bits per heavy atom. The second-order valence-electron chi connectivity index (χ2n) is 4.96. The first kappa shape index (κ1) is 16.7. The summed E-state index contributed by atoms with van der Waals surface area (Å²) in [6.07, 6.45) is 2.36. The van der Waals surface area contributed by atoms with Crippen molar-refractivity contribution >= 4 is 23.2 Å². The number of hydrogen-bond acceptors (Lipinski definition) is 4. The van der Waals surface area contributed by atoms with Crippen LogP contribution >= 0.6 is 11.6 Å². The maximum atomic E-state index is 12.1. The van der Waals surface area contributed by atoms with Crippen LogP contribution in [0.3, 0.4) is 0 Å². The molecule has 0 spiro atoms. The van der Waals surface area contributed by atoms with Crippen molar-refractivity contribution < 1.29 is 9.72 Å². The lowest BCUT2D eigenvalue weighted by atomic mass is 10.1. The zero-order chi connectivity index (χ0) is 17.0. The van der Waals surface area contributed by atoms with Crippen molar-refractivity contribution in [2.45, 2.75) is 19.4 Å². The van der Waals surface area contributed by atoms with Crippen molar-refractivity contribution in [1.82, 2.24) is 4.57 Å². The third-order valence-corrected chi connectivity index (χ3v) is 3.58. The van der Waals surface area contributed by atoms with Crippen LogP contribution in [0.2, 0.25) is 5.02 Å². The molecule has 0 aliphatic rings. The number of hydrogen-bond donors (Lipinski definition) is 1. The Morgan fingerprint density at radius 2 is 1.96 bits per heavy atom. The summed E-state index contributed by atoms with van der Waals surface area (Å²) in [7, 11) is 0. The van der Waals surface area contributed by atoms with Crippen molar-refractivity contribution in [1.29, 1.82) is 0 Å². The van der Waals surface area contributed by atoms with Crippen molar-refractivity contribution in [2.75, 3.05) is 0 Å². The first-order valence-corrected chi connectivity index (χ1v) is 7.19. The van der Waals surface area contributed by atoms with Crippen LogP contribution in [0.5, 0.6) is 0 Å². The number of aromatic nitrogens is 1. The summed E-state index contributed by atoms with van der Waals surface area (Å²) in [6, 6.07) is 8.17. The van der Waals surface area contributed by atoms with Gasteiger partial charge in [0.15, 0.2) is 0 Å². The Balaban J connectivity index is 2.18. The number of nitro groups is 1. The molecule has 2 N–H and O–H groups in total. The summed E-state index contributed by atoms with van der Waals surface area (Å²) >= 11 is 5.80. The third-order valence-electron chi connectivity index (χ3n) is 3.33. The highest BCUT2D eigenvalue weighted by atomic mass is 35.5. The Bertz CT molecular complexity index is 799. The van der Waals surface area contributed by atoms with Crippen LogP contribution in [-0.4, -0.2) is 15.4 Å². The minimum absolute atomic E-state index is 0.240. The van der Waals surface area contributed by atoms with Crippen LogP contribution in [0.4, 0.5) is 5.69 Å². The molecule has 23 heavy (non-hydrogen) atoms. The van der Waals surface area contributed by atoms with E-state index in [9.17, 15) is 19.7 Å². The van der Waals surface area contributed by atoms with E-state index in [0.29, 0.717) is 17.9 Å². The quantitative estimate of drug-likeness (QED) is 0.644. The molecule has 0 aliphatic carbocycles. The number of carbonyl (C=O) groups is 1. The second kappa shape index (κ2) is 7.06. The number of nitrogens with zero attached hydrogens (tertiary/aromatic N) is 2. The molecule has 7 nitrogen and oxygen atoms in total. The van der Waals surface area contributed by atoms with E-state index in [1.165, 1.54) is 0 Å². The molecule has 0 radical (unpaired) electrons. The first-order chi connectivity index (χ1) is 10.9. The van der Waals surface area contributed by atoms with Gasteiger partial charge in [0.05, 0.1) is 11.1 Å². The van der Waals surface area contributed by atoms with E-state index in [4.69, 9.17) is 17.3 Å². The number of rotatable bonds is 6. The first-order valence-electron chi connectivity index (χ1n) is 6.81. The van der Waals surface area contributed by atoms with Crippen LogP contribution < -0.4 is 11.3 Å². The highest BCUT2D eigenvalue weighted by Gasteiger charge is 2.17. The molecule has 0 unspecified atom stereocenters. The number of aryl methyl sites for hydroxylation is 2. The van der Waals surface area contributed by atoms with Crippen molar-refractivity contribution in [2.24, 2.45) is 5.73 Å². The average Bonchev–Trinajstić information content (AvgIpc) is 2.50.